The fraction of sp³-hybridized carbons (Fsp3) is 0.0909. The summed E-state index contributed by atoms with van der Waals surface area (Å²) in [4.78, 5) is 17.6. The van der Waals surface area contributed by atoms with E-state index in [-0.39, 0.29) is 17.1 Å². The van der Waals surface area contributed by atoms with Crippen molar-refractivity contribution in [2.45, 2.75) is 11.3 Å². The Kier molecular flexibility index (Phi) is 4.59. The number of thioether (sulfide) groups is 1. The molecule has 0 aromatic heterocycles. The normalized spacial score (nSPS) is 19.2. The zero-order valence-corrected chi connectivity index (χ0v) is 14.9. The van der Waals surface area contributed by atoms with Gasteiger partial charge < -0.3 is 5.73 Å². The van der Waals surface area contributed by atoms with Gasteiger partial charge in [-0.15, -0.1) is 0 Å². The van der Waals surface area contributed by atoms with Crippen LogP contribution in [0.4, 0.5) is 0 Å². The lowest BCUT2D eigenvalue weighted by Crippen LogP contribution is -2.22. The van der Waals surface area contributed by atoms with Crippen LogP contribution in [0.15, 0.2) is 89.9 Å². The van der Waals surface area contributed by atoms with Crippen molar-refractivity contribution in [3.63, 3.8) is 0 Å². The highest BCUT2D eigenvalue weighted by molar-refractivity contribution is 8.15. The minimum Gasteiger partial charge on any atom is -0.378 e. The topological polar surface area (TPSA) is 55.4 Å². The van der Waals surface area contributed by atoms with Gasteiger partial charge in [0.15, 0.2) is 11.0 Å². The molecule has 0 fully saturated rings. The summed E-state index contributed by atoms with van der Waals surface area (Å²) < 4.78 is 0. The van der Waals surface area contributed by atoms with Crippen molar-refractivity contribution in [1.82, 2.24) is 0 Å². The molecule has 1 heterocycles. The maximum absolute atomic E-state index is 13.1. The zero-order chi connectivity index (χ0) is 17.9. The number of hydrogen-bond acceptors (Lipinski definition) is 4. The fourth-order valence-electron chi connectivity index (χ4n) is 3.15. The average Bonchev–Trinajstić information content (AvgIpc) is 3.11. The first kappa shape index (κ1) is 16.6. The summed E-state index contributed by atoms with van der Waals surface area (Å²) in [6.45, 7) is 0. The number of aliphatic imine (C=N–C) groups is 1. The van der Waals surface area contributed by atoms with E-state index in [1.807, 2.05) is 72.8 Å². The van der Waals surface area contributed by atoms with E-state index in [1.54, 1.807) is 0 Å². The molecule has 0 bridgehead atoms. The first-order valence-electron chi connectivity index (χ1n) is 8.47. The Morgan fingerprint density at radius 2 is 1.38 bits per heavy atom. The number of nitrogens with two attached hydrogens (primary N) is 1. The number of amidine groups is 1. The molecule has 0 saturated carbocycles. The van der Waals surface area contributed by atoms with Crippen molar-refractivity contribution in [1.29, 1.82) is 0 Å². The van der Waals surface area contributed by atoms with E-state index >= 15 is 0 Å². The van der Waals surface area contributed by atoms with E-state index in [9.17, 15) is 4.79 Å². The number of ketones is 1. The number of benzene rings is 3. The van der Waals surface area contributed by atoms with Crippen LogP contribution in [-0.2, 0) is 0 Å². The standard InChI is InChI=1S/C22H18N2OS/c23-22-24-19(17-9-5-2-6-10-17)21(26-22)20(25)18-13-11-16(12-14-18)15-7-3-1-4-8-15/h1-14,19,21H,(H2,23,24). The van der Waals surface area contributed by atoms with Crippen LogP contribution in [0.2, 0.25) is 0 Å². The number of carbonyl (C=O) groups excluding carboxylic acids is 1. The molecule has 0 aliphatic carbocycles. The van der Waals surface area contributed by atoms with Gasteiger partial charge in [-0.2, -0.15) is 0 Å². The lowest BCUT2D eigenvalue weighted by Gasteiger charge is -2.16. The van der Waals surface area contributed by atoms with Crippen molar-refractivity contribution in [3.05, 3.63) is 96.1 Å². The second-order valence-corrected chi connectivity index (χ2v) is 7.33. The number of nitrogens with zero attached hydrogens (tertiary/aromatic N) is 1. The highest BCUT2D eigenvalue weighted by Crippen LogP contribution is 2.38. The Hall–Kier alpha value is -2.85. The highest BCUT2D eigenvalue weighted by Gasteiger charge is 2.36. The molecule has 128 valence electrons. The lowest BCUT2D eigenvalue weighted by molar-refractivity contribution is 0.0983. The van der Waals surface area contributed by atoms with Crippen LogP contribution in [0.25, 0.3) is 11.1 Å². The SMILES string of the molecule is NC1=NC(c2ccccc2)C(C(=O)c2ccc(-c3ccccc3)cc2)S1. The molecule has 0 amide bonds. The summed E-state index contributed by atoms with van der Waals surface area (Å²) >= 11 is 1.35. The predicted molar refractivity (Wildman–Crippen MR) is 108 cm³/mol. The lowest BCUT2D eigenvalue weighted by atomic mass is 9.96. The number of carbonyl (C=O) groups is 1. The zero-order valence-electron chi connectivity index (χ0n) is 14.1. The number of rotatable bonds is 4. The van der Waals surface area contributed by atoms with Crippen LogP contribution in [0.5, 0.6) is 0 Å². The highest BCUT2D eigenvalue weighted by atomic mass is 32.2. The number of Topliss-reactive ketones (excluding diaryl/α,β-unsaturated/α-hetero) is 1. The molecule has 4 rings (SSSR count). The van der Waals surface area contributed by atoms with Gasteiger partial charge >= 0.3 is 0 Å². The van der Waals surface area contributed by atoms with Crippen molar-refractivity contribution in [2.75, 3.05) is 0 Å². The molecule has 2 N–H and O–H groups in total. The molecule has 1 aliphatic rings. The van der Waals surface area contributed by atoms with Gasteiger partial charge in [-0.05, 0) is 16.7 Å². The van der Waals surface area contributed by atoms with Gasteiger partial charge in [-0.3, -0.25) is 9.79 Å². The van der Waals surface area contributed by atoms with E-state index in [4.69, 9.17) is 5.73 Å². The summed E-state index contributed by atoms with van der Waals surface area (Å²) in [5.74, 6) is 0.0627. The van der Waals surface area contributed by atoms with E-state index in [0.717, 1.165) is 16.7 Å². The molecule has 4 heteroatoms. The fourth-order valence-corrected chi connectivity index (χ4v) is 4.17. The largest absolute Gasteiger partial charge is 0.378 e. The van der Waals surface area contributed by atoms with E-state index in [2.05, 4.69) is 17.1 Å². The van der Waals surface area contributed by atoms with Crippen molar-refractivity contribution >= 4 is 22.7 Å². The molecule has 0 radical (unpaired) electrons. The van der Waals surface area contributed by atoms with E-state index in [1.165, 1.54) is 11.8 Å². The summed E-state index contributed by atoms with van der Waals surface area (Å²) in [7, 11) is 0. The first-order valence-corrected chi connectivity index (χ1v) is 9.35. The number of hydrogen-bond donors (Lipinski definition) is 1. The molecular formula is C22H18N2OS. The first-order chi connectivity index (χ1) is 12.7. The van der Waals surface area contributed by atoms with Gasteiger partial charge in [-0.1, -0.05) is 96.7 Å². The molecule has 1 aliphatic heterocycles. The Morgan fingerprint density at radius 1 is 0.808 bits per heavy atom. The molecule has 0 saturated heterocycles. The molecule has 2 unspecified atom stereocenters. The molecule has 26 heavy (non-hydrogen) atoms. The quantitative estimate of drug-likeness (QED) is 0.687. The van der Waals surface area contributed by atoms with Gasteiger partial charge in [0.05, 0.1) is 6.04 Å². The molecule has 3 aromatic rings. The minimum atomic E-state index is -0.319. The summed E-state index contributed by atoms with van der Waals surface area (Å²) in [5, 5.41) is 0.151. The average molecular weight is 358 g/mol. The third-order valence-electron chi connectivity index (χ3n) is 4.48. The molecular weight excluding hydrogens is 340 g/mol. The van der Waals surface area contributed by atoms with E-state index in [0.29, 0.717) is 10.7 Å². The van der Waals surface area contributed by atoms with Gasteiger partial charge in [-0.25, -0.2) is 0 Å². The molecule has 3 nitrogen and oxygen atoms in total. The van der Waals surface area contributed by atoms with Crippen molar-refractivity contribution < 1.29 is 4.79 Å². The van der Waals surface area contributed by atoms with Gasteiger partial charge in [0, 0.05) is 5.56 Å². The van der Waals surface area contributed by atoms with Crippen molar-refractivity contribution in [2.24, 2.45) is 10.7 Å². The monoisotopic (exact) mass is 358 g/mol. The Labute approximate surface area is 157 Å². The second-order valence-electron chi connectivity index (χ2n) is 6.17. The van der Waals surface area contributed by atoms with Crippen LogP contribution < -0.4 is 5.73 Å². The third-order valence-corrected chi connectivity index (χ3v) is 5.55. The molecule has 2 atom stereocenters. The summed E-state index contributed by atoms with van der Waals surface area (Å²) in [6.07, 6.45) is 0. The second kappa shape index (κ2) is 7.18. The smallest absolute Gasteiger partial charge is 0.178 e. The van der Waals surface area contributed by atoms with Gasteiger partial charge in [0.25, 0.3) is 0 Å². The van der Waals surface area contributed by atoms with Crippen LogP contribution in [0.1, 0.15) is 22.0 Å². The predicted octanol–water partition coefficient (Wildman–Crippen LogP) is 4.71. The Morgan fingerprint density at radius 3 is 2.04 bits per heavy atom. The maximum atomic E-state index is 13.1. The van der Waals surface area contributed by atoms with Gasteiger partial charge in [0.2, 0.25) is 0 Å². The summed E-state index contributed by atoms with van der Waals surface area (Å²) in [5.41, 5.74) is 9.86. The van der Waals surface area contributed by atoms with Crippen LogP contribution in [-0.4, -0.2) is 16.2 Å². The molecule has 0 spiro atoms. The van der Waals surface area contributed by atoms with Crippen LogP contribution >= 0.6 is 11.8 Å². The summed E-state index contributed by atoms with van der Waals surface area (Å²) in [6, 6.07) is 27.5. The van der Waals surface area contributed by atoms with Gasteiger partial charge in [0.1, 0.15) is 5.25 Å². The molecule has 3 aromatic carbocycles. The van der Waals surface area contributed by atoms with Crippen LogP contribution in [0, 0.1) is 0 Å². The third kappa shape index (κ3) is 3.28. The van der Waals surface area contributed by atoms with E-state index < -0.39 is 0 Å². The minimum absolute atomic E-state index is 0.0627. The maximum Gasteiger partial charge on any atom is 0.178 e. The Balaban J connectivity index is 1.59. The van der Waals surface area contributed by atoms with Crippen molar-refractivity contribution in [3.8, 4) is 11.1 Å². The van der Waals surface area contributed by atoms with Crippen LogP contribution in [0.3, 0.4) is 0 Å². The Bertz CT molecular complexity index is 937.